The Morgan fingerprint density at radius 1 is 1.45 bits per heavy atom. The van der Waals surface area contributed by atoms with Crippen LogP contribution in [0.15, 0.2) is 27.5 Å². The molecule has 20 heavy (non-hydrogen) atoms. The molecule has 0 fully saturated rings. The molecular formula is C13H13ClN2O4. The Balaban J connectivity index is 2.28. The normalized spacial score (nSPS) is 10.4. The number of methoxy groups -OCH3 is 1. The lowest BCUT2D eigenvalue weighted by molar-refractivity contribution is 0.102. The first-order valence-electron chi connectivity index (χ1n) is 5.76. The largest absolute Gasteiger partial charge is 0.495 e. The maximum atomic E-state index is 12.1. The number of nitrogens with zero attached hydrogens (tertiary/aromatic N) is 1. The monoisotopic (exact) mass is 296 g/mol. The molecule has 1 aromatic carbocycles. The van der Waals surface area contributed by atoms with Gasteiger partial charge in [0.05, 0.1) is 17.8 Å². The summed E-state index contributed by atoms with van der Waals surface area (Å²) < 4.78 is 11.1. The molecule has 0 aliphatic heterocycles. The summed E-state index contributed by atoms with van der Waals surface area (Å²) in [6.07, 6.45) is 0. The average molecular weight is 297 g/mol. The van der Waals surface area contributed by atoms with E-state index in [0.717, 1.165) is 0 Å². The Labute approximate surface area is 119 Å². The third kappa shape index (κ3) is 2.55. The first-order valence-corrected chi connectivity index (χ1v) is 6.13. The van der Waals surface area contributed by atoms with Crippen LogP contribution in [0.2, 0.25) is 5.02 Å². The van der Waals surface area contributed by atoms with Gasteiger partial charge in [-0.3, -0.25) is 4.79 Å². The molecule has 1 amide bonds. The molecule has 0 radical (unpaired) electrons. The van der Waals surface area contributed by atoms with Crippen molar-refractivity contribution in [3.63, 3.8) is 0 Å². The van der Waals surface area contributed by atoms with E-state index in [9.17, 15) is 9.59 Å². The molecule has 1 aromatic heterocycles. The van der Waals surface area contributed by atoms with E-state index in [2.05, 4.69) is 5.32 Å². The van der Waals surface area contributed by atoms with Crippen molar-refractivity contribution in [2.45, 2.75) is 6.92 Å². The number of anilines is 1. The highest BCUT2D eigenvalue weighted by Gasteiger charge is 2.19. The van der Waals surface area contributed by atoms with Crippen molar-refractivity contribution in [2.24, 2.45) is 7.05 Å². The van der Waals surface area contributed by atoms with Crippen LogP contribution in [0.25, 0.3) is 0 Å². The maximum absolute atomic E-state index is 12.1. The molecule has 106 valence electrons. The van der Waals surface area contributed by atoms with Crippen LogP contribution in [-0.4, -0.2) is 17.8 Å². The van der Waals surface area contributed by atoms with E-state index in [1.807, 2.05) is 0 Å². The third-order valence-corrected chi connectivity index (χ3v) is 3.19. The summed E-state index contributed by atoms with van der Waals surface area (Å²) in [4.78, 5) is 23.6. The van der Waals surface area contributed by atoms with E-state index in [1.165, 1.54) is 17.9 Å². The fourth-order valence-corrected chi connectivity index (χ4v) is 2.00. The number of aromatic nitrogens is 1. The summed E-state index contributed by atoms with van der Waals surface area (Å²) in [5, 5.41) is 2.96. The lowest BCUT2D eigenvalue weighted by Gasteiger charge is -2.07. The van der Waals surface area contributed by atoms with Gasteiger partial charge in [-0.1, -0.05) is 11.6 Å². The van der Waals surface area contributed by atoms with E-state index in [0.29, 0.717) is 22.2 Å². The van der Waals surface area contributed by atoms with Crippen LogP contribution in [0.5, 0.6) is 5.75 Å². The van der Waals surface area contributed by atoms with Crippen LogP contribution < -0.4 is 15.7 Å². The third-order valence-electron chi connectivity index (χ3n) is 2.89. The van der Waals surface area contributed by atoms with Crippen LogP contribution >= 0.6 is 11.6 Å². The van der Waals surface area contributed by atoms with Crippen molar-refractivity contribution in [1.82, 2.24) is 4.74 Å². The summed E-state index contributed by atoms with van der Waals surface area (Å²) >= 11 is 5.96. The van der Waals surface area contributed by atoms with Crippen molar-refractivity contribution >= 4 is 23.2 Å². The van der Waals surface area contributed by atoms with Gasteiger partial charge in [-0.05, 0) is 25.1 Å². The van der Waals surface area contributed by atoms with Gasteiger partial charge in [-0.15, -0.1) is 0 Å². The van der Waals surface area contributed by atoms with Crippen LogP contribution in [0.3, 0.4) is 0 Å². The molecule has 0 aliphatic carbocycles. The SMILES string of the molecule is COc1ccc(NC(=O)c2c(C)n(C)oc2=O)cc1Cl. The fourth-order valence-electron chi connectivity index (χ4n) is 1.74. The van der Waals surface area contributed by atoms with Gasteiger partial charge >= 0.3 is 5.63 Å². The van der Waals surface area contributed by atoms with E-state index in [1.54, 1.807) is 26.1 Å². The summed E-state index contributed by atoms with van der Waals surface area (Å²) in [7, 11) is 3.05. The minimum Gasteiger partial charge on any atom is -0.495 e. The first kappa shape index (κ1) is 14.2. The zero-order valence-electron chi connectivity index (χ0n) is 11.2. The fraction of sp³-hybridized carbons (Fsp3) is 0.231. The Morgan fingerprint density at radius 2 is 2.15 bits per heavy atom. The summed E-state index contributed by atoms with van der Waals surface area (Å²) in [6.45, 7) is 1.63. The van der Waals surface area contributed by atoms with Crippen LogP contribution in [0, 0.1) is 6.92 Å². The van der Waals surface area contributed by atoms with Crippen molar-refractivity contribution in [3.05, 3.63) is 44.9 Å². The van der Waals surface area contributed by atoms with Crippen LogP contribution in [0.1, 0.15) is 16.1 Å². The molecule has 0 saturated heterocycles. The number of halogens is 1. The van der Waals surface area contributed by atoms with Crippen molar-refractivity contribution in [3.8, 4) is 5.75 Å². The quantitative estimate of drug-likeness (QED) is 0.942. The second-order valence-corrected chi connectivity index (χ2v) is 4.55. The molecule has 2 rings (SSSR count). The van der Waals surface area contributed by atoms with E-state index >= 15 is 0 Å². The van der Waals surface area contributed by atoms with Gasteiger partial charge in [0, 0.05) is 12.7 Å². The van der Waals surface area contributed by atoms with Gasteiger partial charge in [0.2, 0.25) is 0 Å². The van der Waals surface area contributed by atoms with Crippen LogP contribution in [-0.2, 0) is 7.05 Å². The first-order chi connectivity index (χ1) is 9.43. The van der Waals surface area contributed by atoms with E-state index in [-0.39, 0.29) is 5.56 Å². The number of amides is 1. The number of rotatable bonds is 3. The highest BCUT2D eigenvalue weighted by molar-refractivity contribution is 6.32. The van der Waals surface area contributed by atoms with Gasteiger partial charge in [0.15, 0.2) is 0 Å². The Kier molecular flexibility index (Phi) is 3.85. The zero-order valence-corrected chi connectivity index (χ0v) is 11.9. The van der Waals surface area contributed by atoms with Gasteiger partial charge in [0.1, 0.15) is 11.3 Å². The second-order valence-electron chi connectivity index (χ2n) is 4.14. The Morgan fingerprint density at radius 3 is 2.65 bits per heavy atom. The molecule has 0 aliphatic rings. The number of ether oxygens (including phenoxy) is 1. The molecule has 1 heterocycles. The van der Waals surface area contributed by atoms with Gasteiger partial charge in [0.25, 0.3) is 5.91 Å². The number of hydrogen-bond donors (Lipinski definition) is 1. The maximum Gasteiger partial charge on any atom is 0.370 e. The van der Waals surface area contributed by atoms with Crippen molar-refractivity contribution < 1.29 is 14.1 Å². The van der Waals surface area contributed by atoms with E-state index < -0.39 is 11.5 Å². The molecule has 0 atom stereocenters. The lowest BCUT2D eigenvalue weighted by atomic mass is 10.2. The molecule has 0 saturated carbocycles. The minimum atomic E-state index is -0.679. The number of carbonyl (C=O) groups excluding carboxylic acids is 1. The highest BCUT2D eigenvalue weighted by atomic mass is 35.5. The molecule has 0 unspecified atom stereocenters. The number of aryl methyl sites for hydroxylation is 1. The number of carbonyl (C=O) groups is 1. The predicted molar refractivity (Wildman–Crippen MR) is 74.6 cm³/mol. The van der Waals surface area contributed by atoms with Gasteiger partial charge < -0.3 is 14.6 Å². The topological polar surface area (TPSA) is 73.5 Å². The molecule has 7 heteroatoms. The molecule has 6 nitrogen and oxygen atoms in total. The lowest BCUT2D eigenvalue weighted by Crippen LogP contribution is -2.19. The predicted octanol–water partition coefficient (Wildman–Crippen LogP) is 2.20. The van der Waals surface area contributed by atoms with E-state index in [4.69, 9.17) is 20.9 Å². The molecule has 0 bridgehead atoms. The van der Waals surface area contributed by atoms with Crippen molar-refractivity contribution in [1.29, 1.82) is 0 Å². The molecule has 0 spiro atoms. The van der Waals surface area contributed by atoms with Crippen molar-refractivity contribution in [2.75, 3.05) is 12.4 Å². The average Bonchev–Trinajstić information content (AvgIpc) is 2.63. The Hall–Kier alpha value is -2.21. The summed E-state index contributed by atoms with van der Waals surface area (Å²) in [5.41, 5.74) is 0.206. The zero-order chi connectivity index (χ0) is 14.9. The van der Waals surface area contributed by atoms with Gasteiger partial charge in [-0.25, -0.2) is 9.53 Å². The highest BCUT2D eigenvalue weighted by Crippen LogP contribution is 2.27. The summed E-state index contributed by atoms with van der Waals surface area (Å²) in [5.74, 6) is -0.0434. The van der Waals surface area contributed by atoms with Gasteiger partial charge in [-0.2, -0.15) is 0 Å². The number of benzene rings is 1. The molecular weight excluding hydrogens is 284 g/mol. The molecule has 1 N–H and O–H groups in total. The number of nitrogens with one attached hydrogen (secondary N) is 1. The smallest absolute Gasteiger partial charge is 0.370 e. The second kappa shape index (κ2) is 5.42. The number of hydrogen-bond acceptors (Lipinski definition) is 4. The standard InChI is InChI=1S/C13H13ClN2O4/c1-7-11(13(18)20-16(7)2)12(17)15-8-4-5-10(19-3)9(14)6-8/h4-6H,1-3H3,(H,15,17). The Bertz CT molecular complexity index is 718. The molecule has 2 aromatic rings. The summed E-state index contributed by atoms with van der Waals surface area (Å²) in [6, 6.07) is 4.79. The minimum absolute atomic E-state index is 0.0283. The van der Waals surface area contributed by atoms with Crippen LogP contribution in [0.4, 0.5) is 5.69 Å².